The molecule has 0 aliphatic rings. The monoisotopic (exact) mass is 656 g/mol. The molecule has 0 aliphatic heterocycles. The summed E-state index contributed by atoms with van der Waals surface area (Å²) >= 11 is 0. The summed E-state index contributed by atoms with van der Waals surface area (Å²) in [7, 11) is 1.38. The first-order chi connectivity index (χ1) is 22.5. The zero-order chi connectivity index (χ0) is 35.1. The Hall–Kier alpha value is -4.17. The van der Waals surface area contributed by atoms with E-state index in [1.165, 1.54) is 32.0 Å². The Morgan fingerprint density at radius 1 is 0.915 bits per heavy atom. The summed E-state index contributed by atoms with van der Waals surface area (Å²) in [5, 5.41) is 35.1. The number of likely N-dealkylation sites (N-methyl/N-ethyl adjacent to an activating group) is 1. The molecule has 0 fully saturated rings. The maximum absolute atomic E-state index is 13.5. The predicted molar refractivity (Wildman–Crippen MR) is 179 cm³/mol. The fraction of sp³-hybridized carbons (Fsp3) is 0.583. The second-order valence-corrected chi connectivity index (χ2v) is 11.6. The van der Waals surface area contributed by atoms with Gasteiger partial charge in [-0.3, -0.25) is 19.2 Å². The van der Waals surface area contributed by atoms with E-state index in [0.717, 1.165) is 38.5 Å². The highest BCUT2D eigenvalue weighted by atomic mass is 16.5. The number of benzene rings is 1. The number of carbonyl (C=O) groups excluding carboxylic acids is 3. The Labute approximate surface area is 278 Å². The van der Waals surface area contributed by atoms with Gasteiger partial charge in [-0.25, -0.2) is 4.79 Å². The molecule has 5 N–H and O–H groups in total. The van der Waals surface area contributed by atoms with Crippen LogP contribution in [-0.2, 0) is 30.4 Å². The second kappa shape index (κ2) is 23.2. The van der Waals surface area contributed by atoms with Crippen molar-refractivity contribution < 1.29 is 44.0 Å². The molecular weight excluding hydrogens is 604 g/mol. The van der Waals surface area contributed by atoms with Gasteiger partial charge in [-0.1, -0.05) is 75.7 Å². The largest absolute Gasteiger partial charge is 0.481 e. The average molecular weight is 657 g/mol. The van der Waals surface area contributed by atoms with Crippen LogP contribution in [0.2, 0.25) is 0 Å². The van der Waals surface area contributed by atoms with E-state index in [0.29, 0.717) is 37.0 Å². The van der Waals surface area contributed by atoms with Crippen molar-refractivity contribution >= 4 is 29.5 Å². The van der Waals surface area contributed by atoms with E-state index < -0.39 is 47.7 Å². The van der Waals surface area contributed by atoms with Gasteiger partial charge in [0.05, 0.1) is 12.3 Å². The summed E-state index contributed by atoms with van der Waals surface area (Å²) in [5.74, 6) is -0.500. The second-order valence-electron chi connectivity index (χ2n) is 11.6. The molecule has 260 valence electrons. The molecule has 0 aliphatic carbocycles. The van der Waals surface area contributed by atoms with Crippen molar-refractivity contribution in [2.45, 2.75) is 115 Å². The minimum Gasteiger partial charge on any atom is -0.481 e. The van der Waals surface area contributed by atoms with Gasteiger partial charge < -0.3 is 30.7 Å². The van der Waals surface area contributed by atoms with E-state index in [1.807, 2.05) is 0 Å². The van der Waals surface area contributed by atoms with Crippen LogP contribution in [0.4, 0.5) is 0 Å². The Kier molecular flexibility index (Phi) is 20.2. The average Bonchev–Trinajstić information content (AvgIpc) is 3.03. The Balaban J connectivity index is 2.89. The molecule has 0 saturated heterocycles. The molecule has 0 aromatic heterocycles. The van der Waals surface area contributed by atoms with Gasteiger partial charge in [0.1, 0.15) is 24.2 Å². The third-order valence-corrected chi connectivity index (χ3v) is 7.78. The SMILES string of the molecule is CC#CCOc1ccc(C[C@H](NC(=O)[C@@H](/C=C/CCCCCCC(=O)CCCCCCC)[C@@](O)(CC(=O)O)C(=O)O)C(=O)NC)cc1. The molecule has 0 radical (unpaired) electrons. The molecular formula is C36H52N2O9. The highest BCUT2D eigenvalue weighted by molar-refractivity contribution is 5.95. The topological polar surface area (TPSA) is 179 Å². The number of unbranched alkanes of at least 4 members (excludes halogenated alkanes) is 8. The number of carbonyl (C=O) groups is 5. The van der Waals surface area contributed by atoms with Gasteiger partial charge in [0.25, 0.3) is 0 Å². The van der Waals surface area contributed by atoms with Gasteiger partial charge in [-0.15, -0.1) is 5.92 Å². The van der Waals surface area contributed by atoms with Crippen LogP contribution in [0.3, 0.4) is 0 Å². The van der Waals surface area contributed by atoms with Gasteiger partial charge in [-0.05, 0) is 50.3 Å². The lowest BCUT2D eigenvalue weighted by Crippen LogP contribution is -2.56. The molecule has 3 atom stereocenters. The molecule has 0 bridgehead atoms. The molecule has 0 saturated carbocycles. The van der Waals surface area contributed by atoms with Crippen LogP contribution in [0.5, 0.6) is 5.75 Å². The third kappa shape index (κ3) is 16.3. The first-order valence-corrected chi connectivity index (χ1v) is 16.5. The zero-order valence-electron chi connectivity index (χ0n) is 28.0. The number of Topliss-reactive ketones (excluding diaryl/α,β-unsaturated/α-hetero) is 1. The van der Waals surface area contributed by atoms with Gasteiger partial charge in [0.2, 0.25) is 11.8 Å². The van der Waals surface area contributed by atoms with E-state index in [4.69, 9.17) is 4.74 Å². The van der Waals surface area contributed by atoms with Crippen molar-refractivity contribution in [3.63, 3.8) is 0 Å². The van der Waals surface area contributed by atoms with Crippen LogP contribution in [-0.4, -0.2) is 70.2 Å². The predicted octanol–water partition coefficient (Wildman–Crippen LogP) is 4.60. The van der Waals surface area contributed by atoms with Crippen LogP contribution >= 0.6 is 0 Å². The van der Waals surface area contributed by atoms with E-state index in [1.54, 1.807) is 31.2 Å². The number of ketones is 1. The van der Waals surface area contributed by atoms with Crippen molar-refractivity contribution in [2.75, 3.05) is 13.7 Å². The molecule has 11 nitrogen and oxygen atoms in total. The highest BCUT2D eigenvalue weighted by Gasteiger charge is 2.49. The smallest absolute Gasteiger partial charge is 0.337 e. The van der Waals surface area contributed by atoms with Crippen LogP contribution in [0.25, 0.3) is 0 Å². The van der Waals surface area contributed by atoms with Gasteiger partial charge in [0, 0.05) is 26.3 Å². The number of carboxylic acid groups (broad SMARTS) is 2. The van der Waals surface area contributed by atoms with Gasteiger partial charge in [0.15, 0.2) is 5.60 Å². The van der Waals surface area contributed by atoms with Gasteiger partial charge in [-0.2, -0.15) is 0 Å². The Morgan fingerprint density at radius 2 is 1.53 bits per heavy atom. The van der Waals surface area contributed by atoms with Crippen LogP contribution in [0.1, 0.15) is 103 Å². The molecule has 1 aromatic carbocycles. The standard InChI is InChI=1S/C36H52N2O9/c1-4-6-8-11-14-17-28(39)18-15-12-9-10-13-16-19-30(36(46,35(44)45)26-32(40)41)33(42)38-31(34(43)37-3)25-27-20-22-29(23-21-27)47-24-7-5-2/h16,19-23,30-31,46H,4,6,8-15,17-18,24-26H2,1-3H3,(H,37,43)(H,38,42)(H,40,41)(H,44,45)/b19-16+/t30-,31+,36+/m1/s1. The molecule has 0 unspecified atom stereocenters. The summed E-state index contributed by atoms with van der Waals surface area (Å²) in [6.45, 7) is 4.07. The lowest BCUT2D eigenvalue weighted by molar-refractivity contribution is -0.172. The fourth-order valence-electron chi connectivity index (χ4n) is 5.03. The van der Waals surface area contributed by atoms with Crippen molar-refractivity contribution in [3.8, 4) is 17.6 Å². The van der Waals surface area contributed by atoms with Crippen molar-refractivity contribution in [1.29, 1.82) is 0 Å². The number of aliphatic carboxylic acids is 2. The molecule has 1 aromatic rings. The van der Waals surface area contributed by atoms with Crippen LogP contribution in [0, 0.1) is 17.8 Å². The third-order valence-electron chi connectivity index (χ3n) is 7.78. The van der Waals surface area contributed by atoms with Crippen LogP contribution in [0.15, 0.2) is 36.4 Å². The number of nitrogens with one attached hydrogen (secondary N) is 2. The minimum absolute atomic E-state index is 0.0304. The van der Waals surface area contributed by atoms with E-state index in [9.17, 15) is 39.3 Å². The van der Waals surface area contributed by atoms with E-state index in [-0.39, 0.29) is 18.8 Å². The lowest BCUT2D eigenvalue weighted by Gasteiger charge is -2.30. The minimum atomic E-state index is -2.96. The number of hydrogen-bond acceptors (Lipinski definition) is 7. The number of allylic oxidation sites excluding steroid dienone is 1. The molecule has 1 rings (SSSR count). The lowest BCUT2D eigenvalue weighted by atomic mass is 9.82. The molecule has 0 spiro atoms. The Bertz CT molecular complexity index is 1230. The molecule has 2 amide bonds. The van der Waals surface area contributed by atoms with Crippen LogP contribution < -0.4 is 15.4 Å². The van der Waals surface area contributed by atoms with Crippen molar-refractivity contribution in [3.05, 3.63) is 42.0 Å². The molecule has 11 heteroatoms. The fourth-order valence-corrected chi connectivity index (χ4v) is 5.03. The normalized spacial score (nSPS) is 13.4. The maximum atomic E-state index is 13.5. The molecule has 47 heavy (non-hydrogen) atoms. The maximum Gasteiger partial charge on any atom is 0.337 e. The zero-order valence-corrected chi connectivity index (χ0v) is 28.0. The Morgan fingerprint density at radius 3 is 2.09 bits per heavy atom. The summed E-state index contributed by atoms with van der Waals surface area (Å²) < 4.78 is 5.49. The number of carboxylic acids is 2. The summed E-state index contributed by atoms with van der Waals surface area (Å²) in [4.78, 5) is 61.9. The number of aliphatic hydroxyl groups is 1. The number of amides is 2. The summed E-state index contributed by atoms with van der Waals surface area (Å²) in [5.41, 5.74) is -2.30. The number of rotatable bonds is 25. The van der Waals surface area contributed by atoms with E-state index >= 15 is 0 Å². The quantitative estimate of drug-likeness (QED) is 0.0571. The first kappa shape index (κ1) is 40.9. The highest BCUT2D eigenvalue weighted by Crippen LogP contribution is 2.26. The summed E-state index contributed by atoms with van der Waals surface area (Å²) in [6.07, 6.45) is 11.8. The number of hydrogen-bond donors (Lipinski definition) is 5. The molecule has 0 heterocycles. The summed E-state index contributed by atoms with van der Waals surface area (Å²) in [6, 6.07) is 5.63. The van der Waals surface area contributed by atoms with Crippen molar-refractivity contribution in [2.24, 2.45) is 5.92 Å². The van der Waals surface area contributed by atoms with E-state index in [2.05, 4.69) is 29.4 Å². The van der Waals surface area contributed by atoms with Crippen molar-refractivity contribution in [1.82, 2.24) is 10.6 Å². The first-order valence-electron chi connectivity index (χ1n) is 16.5. The van der Waals surface area contributed by atoms with Gasteiger partial charge >= 0.3 is 11.9 Å². The number of ether oxygens (including phenoxy) is 1.